The molecule has 1 aromatic rings. The number of benzene rings is 1. The number of fused-ring (bicyclic) bond motifs is 1. The Morgan fingerprint density at radius 2 is 2.18 bits per heavy atom. The van der Waals surface area contributed by atoms with Crippen molar-refractivity contribution in [1.29, 1.82) is 0 Å². The Labute approximate surface area is 138 Å². The van der Waals surface area contributed by atoms with Crippen LogP contribution in [0.15, 0.2) is 29.3 Å². The smallest absolute Gasteiger partial charge is 0.191 e. The van der Waals surface area contributed by atoms with E-state index < -0.39 is 0 Å². The summed E-state index contributed by atoms with van der Waals surface area (Å²) in [6.45, 7) is 4.63. The van der Waals surface area contributed by atoms with E-state index in [1.807, 2.05) is 23.9 Å². The number of nitrogens with one attached hydrogen (secondary N) is 2. The van der Waals surface area contributed by atoms with Crippen molar-refractivity contribution in [2.24, 2.45) is 4.99 Å². The van der Waals surface area contributed by atoms with E-state index in [1.54, 1.807) is 0 Å². The third-order valence-electron chi connectivity index (χ3n) is 3.58. The Bertz CT molecular complexity index is 454. The number of rotatable bonds is 8. The number of para-hydroxylation sites is 1. The van der Waals surface area contributed by atoms with Crippen molar-refractivity contribution in [1.82, 2.24) is 10.6 Å². The number of ether oxygens (including phenoxy) is 1. The van der Waals surface area contributed by atoms with Gasteiger partial charge in [-0.05, 0) is 43.4 Å². The topological polar surface area (TPSA) is 45.7 Å². The second kappa shape index (κ2) is 9.62. The second-order valence-corrected chi connectivity index (χ2v) is 6.38. The van der Waals surface area contributed by atoms with E-state index in [0.717, 1.165) is 31.2 Å². The Morgan fingerprint density at radius 1 is 1.32 bits per heavy atom. The maximum atomic E-state index is 5.93. The molecule has 1 aliphatic rings. The van der Waals surface area contributed by atoms with Gasteiger partial charge in [-0.25, -0.2) is 4.99 Å². The predicted octanol–water partition coefficient (Wildman–Crippen LogP) is 2.69. The molecule has 0 amide bonds. The van der Waals surface area contributed by atoms with Crippen molar-refractivity contribution in [2.45, 2.75) is 32.3 Å². The van der Waals surface area contributed by atoms with Gasteiger partial charge in [0.25, 0.3) is 0 Å². The van der Waals surface area contributed by atoms with Gasteiger partial charge in [0.05, 0.1) is 6.54 Å². The van der Waals surface area contributed by atoms with Gasteiger partial charge >= 0.3 is 0 Å². The maximum absolute atomic E-state index is 5.93. The number of unbranched alkanes of at least 4 members (excludes halogenated alkanes) is 1. The van der Waals surface area contributed by atoms with Crippen molar-refractivity contribution < 1.29 is 4.74 Å². The summed E-state index contributed by atoms with van der Waals surface area (Å²) in [7, 11) is 0. The molecule has 4 nitrogen and oxygen atoms in total. The van der Waals surface area contributed by atoms with Crippen LogP contribution in [-0.4, -0.2) is 43.7 Å². The fourth-order valence-corrected chi connectivity index (χ4v) is 2.96. The number of thioether (sulfide) groups is 1. The molecule has 1 unspecified atom stereocenters. The molecule has 1 aromatic carbocycles. The van der Waals surface area contributed by atoms with Gasteiger partial charge in [0.1, 0.15) is 11.9 Å². The van der Waals surface area contributed by atoms with Crippen LogP contribution in [0, 0.1) is 0 Å². The molecule has 0 fully saturated rings. The van der Waals surface area contributed by atoms with Crippen LogP contribution in [0.25, 0.3) is 0 Å². The molecule has 0 aromatic heterocycles. The Balaban J connectivity index is 1.76. The molecule has 2 N–H and O–H groups in total. The van der Waals surface area contributed by atoms with Gasteiger partial charge in [-0.2, -0.15) is 11.8 Å². The average molecular weight is 321 g/mol. The molecule has 0 spiro atoms. The Hall–Kier alpha value is -1.36. The van der Waals surface area contributed by atoms with Gasteiger partial charge in [-0.1, -0.05) is 18.2 Å². The molecule has 5 heteroatoms. The lowest BCUT2D eigenvalue weighted by Crippen LogP contribution is -2.38. The summed E-state index contributed by atoms with van der Waals surface area (Å²) in [5.41, 5.74) is 1.29. The molecule has 0 saturated carbocycles. The first-order valence-corrected chi connectivity index (χ1v) is 9.48. The van der Waals surface area contributed by atoms with E-state index in [4.69, 9.17) is 4.74 Å². The van der Waals surface area contributed by atoms with Crippen molar-refractivity contribution >= 4 is 17.7 Å². The number of aliphatic imine (C=N–C) groups is 1. The molecular weight excluding hydrogens is 294 g/mol. The second-order valence-electron chi connectivity index (χ2n) is 5.40. The quantitative estimate of drug-likeness (QED) is 0.439. The first kappa shape index (κ1) is 17.0. The summed E-state index contributed by atoms with van der Waals surface area (Å²) in [6, 6.07) is 8.25. The van der Waals surface area contributed by atoms with Crippen molar-refractivity contribution in [3.63, 3.8) is 0 Å². The summed E-state index contributed by atoms with van der Waals surface area (Å²) in [5, 5.41) is 6.70. The van der Waals surface area contributed by atoms with E-state index in [2.05, 4.69) is 40.9 Å². The minimum atomic E-state index is 0.157. The Kier molecular flexibility index (Phi) is 7.43. The normalized spacial score (nSPS) is 17.0. The third kappa shape index (κ3) is 5.44. The van der Waals surface area contributed by atoms with Crippen molar-refractivity contribution in [3.8, 4) is 5.75 Å². The SMILES string of the molecule is CCNC(=NCC1Cc2ccccc2O1)NCCCCSC. The number of hydrogen-bond donors (Lipinski definition) is 2. The monoisotopic (exact) mass is 321 g/mol. The first-order valence-electron chi connectivity index (χ1n) is 8.09. The fourth-order valence-electron chi connectivity index (χ4n) is 2.47. The van der Waals surface area contributed by atoms with Crippen LogP contribution < -0.4 is 15.4 Å². The summed E-state index contributed by atoms with van der Waals surface area (Å²) < 4.78 is 5.93. The van der Waals surface area contributed by atoms with Crippen LogP contribution >= 0.6 is 11.8 Å². The molecule has 0 aliphatic carbocycles. The molecule has 0 radical (unpaired) electrons. The highest BCUT2D eigenvalue weighted by atomic mass is 32.2. The Morgan fingerprint density at radius 3 is 2.95 bits per heavy atom. The molecule has 1 aliphatic heterocycles. The molecule has 22 heavy (non-hydrogen) atoms. The average Bonchev–Trinajstić information content (AvgIpc) is 2.95. The molecule has 2 rings (SSSR count). The zero-order valence-corrected chi connectivity index (χ0v) is 14.4. The largest absolute Gasteiger partial charge is 0.488 e. The van der Waals surface area contributed by atoms with Crippen LogP contribution in [0.4, 0.5) is 0 Å². The van der Waals surface area contributed by atoms with Crippen LogP contribution in [-0.2, 0) is 6.42 Å². The molecular formula is C17H27N3OS. The maximum Gasteiger partial charge on any atom is 0.191 e. The van der Waals surface area contributed by atoms with Crippen molar-refractivity contribution in [3.05, 3.63) is 29.8 Å². The summed E-state index contributed by atoms with van der Waals surface area (Å²) in [5.74, 6) is 3.13. The van der Waals surface area contributed by atoms with Gasteiger partial charge in [0.15, 0.2) is 5.96 Å². The number of nitrogens with zero attached hydrogens (tertiary/aromatic N) is 1. The minimum Gasteiger partial charge on any atom is -0.488 e. The van der Waals surface area contributed by atoms with Gasteiger partial charge in [0.2, 0.25) is 0 Å². The molecule has 1 heterocycles. The lowest BCUT2D eigenvalue weighted by Gasteiger charge is -2.13. The molecule has 0 saturated heterocycles. The van der Waals surface area contributed by atoms with Crippen LogP contribution in [0.3, 0.4) is 0 Å². The van der Waals surface area contributed by atoms with Gasteiger partial charge in [-0.3, -0.25) is 0 Å². The number of hydrogen-bond acceptors (Lipinski definition) is 3. The van der Waals surface area contributed by atoms with Gasteiger partial charge in [-0.15, -0.1) is 0 Å². The fraction of sp³-hybridized carbons (Fsp3) is 0.588. The summed E-state index contributed by atoms with van der Waals surface area (Å²) >= 11 is 1.90. The van der Waals surface area contributed by atoms with E-state index in [9.17, 15) is 0 Å². The van der Waals surface area contributed by atoms with E-state index >= 15 is 0 Å². The van der Waals surface area contributed by atoms with Crippen LogP contribution in [0.1, 0.15) is 25.3 Å². The van der Waals surface area contributed by atoms with Gasteiger partial charge < -0.3 is 15.4 Å². The highest BCUT2D eigenvalue weighted by molar-refractivity contribution is 7.98. The third-order valence-corrected chi connectivity index (χ3v) is 4.28. The molecule has 1 atom stereocenters. The first-order chi connectivity index (χ1) is 10.8. The number of guanidine groups is 1. The van der Waals surface area contributed by atoms with E-state index in [1.165, 1.54) is 24.2 Å². The van der Waals surface area contributed by atoms with E-state index in [-0.39, 0.29) is 6.10 Å². The zero-order chi connectivity index (χ0) is 15.6. The molecule has 0 bridgehead atoms. The van der Waals surface area contributed by atoms with Crippen LogP contribution in [0.2, 0.25) is 0 Å². The highest BCUT2D eigenvalue weighted by Crippen LogP contribution is 2.28. The summed E-state index contributed by atoms with van der Waals surface area (Å²) in [6.07, 6.45) is 5.68. The standard InChI is InChI=1S/C17H27N3OS/c1-3-18-17(19-10-6-7-11-22-2)20-13-15-12-14-8-4-5-9-16(14)21-15/h4-5,8-9,15H,3,6-7,10-13H2,1-2H3,(H2,18,19,20). The summed E-state index contributed by atoms with van der Waals surface area (Å²) in [4.78, 5) is 4.66. The van der Waals surface area contributed by atoms with E-state index in [0.29, 0.717) is 6.54 Å². The lowest BCUT2D eigenvalue weighted by molar-refractivity contribution is 0.241. The minimum absolute atomic E-state index is 0.157. The van der Waals surface area contributed by atoms with Crippen LogP contribution in [0.5, 0.6) is 5.75 Å². The molecule has 122 valence electrons. The predicted molar refractivity (Wildman–Crippen MR) is 96.2 cm³/mol. The van der Waals surface area contributed by atoms with Gasteiger partial charge in [0, 0.05) is 19.5 Å². The zero-order valence-electron chi connectivity index (χ0n) is 13.6. The van der Waals surface area contributed by atoms with Crippen molar-refractivity contribution in [2.75, 3.05) is 31.6 Å². The lowest BCUT2D eigenvalue weighted by atomic mass is 10.1. The highest BCUT2D eigenvalue weighted by Gasteiger charge is 2.21.